The third kappa shape index (κ3) is 2.03. The summed E-state index contributed by atoms with van der Waals surface area (Å²) in [4.78, 5) is 4.18. The molecule has 2 aromatic heterocycles. The Labute approximate surface area is 115 Å². The molecule has 0 saturated carbocycles. The van der Waals surface area contributed by atoms with Crippen LogP contribution in [-0.4, -0.2) is 14.8 Å². The molecule has 0 atom stereocenters. The van der Waals surface area contributed by atoms with E-state index >= 15 is 0 Å². The largest absolute Gasteiger partial charge is 0.383 e. The van der Waals surface area contributed by atoms with Crippen LogP contribution in [0.2, 0.25) is 0 Å². The molecule has 4 nitrogen and oxygen atoms in total. The number of benzene rings is 1. The zero-order valence-corrected chi connectivity index (χ0v) is 10.8. The SMILES string of the molecule is Cn1ncc(-c2ncc(-c3cc[c]cc3)cc2F)c1N. The topological polar surface area (TPSA) is 56.7 Å². The molecule has 2 N–H and O–H groups in total. The van der Waals surface area contributed by atoms with Crippen LogP contribution in [0.5, 0.6) is 0 Å². The van der Waals surface area contributed by atoms with E-state index in [4.69, 9.17) is 5.73 Å². The molecule has 0 amide bonds. The van der Waals surface area contributed by atoms with Crippen LogP contribution >= 0.6 is 0 Å². The van der Waals surface area contributed by atoms with Crippen molar-refractivity contribution in [2.45, 2.75) is 0 Å². The molecular weight excluding hydrogens is 255 g/mol. The van der Waals surface area contributed by atoms with Crippen molar-refractivity contribution >= 4 is 5.82 Å². The summed E-state index contributed by atoms with van der Waals surface area (Å²) >= 11 is 0. The summed E-state index contributed by atoms with van der Waals surface area (Å²) in [6.07, 6.45) is 3.14. The van der Waals surface area contributed by atoms with E-state index in [1.807, 2.05) is 12.1 Å². The molecule has 2 heterocycles. The number of nitrogen functional groups attached to an aromatic ring is 1. The van der Waals surface area contributed by atoms with Crippen molar-refractivity contribution in [1.29, 1.82) is 0 Å². The van der Waals surface area contributed by atoms with Crippen molar-refractivity contribution < 1.29 is 4.39 Å². The lowest BCUT2D eigenvalue weighted by atomic mass is 10.1. The van der Waals surface area contributed by atoms with Crippen LogP contribution in [0.3, 0.4) is 0 Å². The third-order valence-corrected chi connectivity index (χ3v) is 3.13. The Bertz CT molecular complexity index is 750. The first-order chi connectivity index (χ1) is 9.66. The highest BCUT2D eigenvalue weighted by Crippen LogP contribution is 2.28. The highest BCUT2D eigenvalue weighted by molar-refractivity contribution is 5.73. The first kappa shape index (κ1) is 12.3. The number of hydrogen-bond acceptors (Lipinski definition) is 3. The lowest BCUT2D eigenvalue weighted by Gasteiger charge is -2.05. The van der Waals surface area contributed by atoms with Crippen LogP contribution in [0.25, 0.3) is 22.4 Å². The summed E-state index contributed by atoms with van der Waals surface area (Å²) in [5, 5.41) is 4.00. The van der Waals surface area contributed by atoms with Crippen LogP contribution in [0.15, 0.2) is 42.7 Å². The molecule has 20 heavy (non-hydrogen) atoms. The second-order valence-corrected chi connectivity index (χ2v) is 4.41. The monoisotopic (exact) mass is 267 g/mol. The minimum atomic E-state index is -0.421. The Morgan fingerprint density at radius 3 is 2.55 bits per heavy atom. The maximum absolute atomic E-state index is 14.2. The molecule has 0 spiro atoms. The fraction of sp³-hybridized carbons (Fsp3) is 0.0667. The van der Waals surface area contributed by atoms with Gasteiger partial charge in [0.25, 0.3) is 0 Å². The standard InChI is InChI=1S/C15H12FN4/c1-20-15(17)12(9-19-20)14-13(16)7-11(8-18-14)10-5-3-2-4-6-10/h3-9H,17H2,1H3. The van der Waals surface area contributed by atoms with Gasteiger partial charge in [0.1, 0.15) is 17.3 Å². The van der Waals surface area contributed by atoms with E-state index in [0.717, 1.165) is 5.56 Å². The Morgan fingerprint density at radius 2 is 1.95 bits per heavy atom. The van der Waals surface area contributed by atoms with Gasteiger partial charge in [-0.25, -0.2) is 4.39 Å². The van der Waals surface area contributed by atoms with Crippen molar-refractivity contribution in [2.24, 2.45) is 7.05 Å². The number of hydrogen-bond donors (Lipinski definition) is 1. The van der Waals surface area contributed by atoms with Crippen LogP contribution in [0.1, 0.15) is 0 Å². The summed E-state index contributed by atoms with van der Waals surface area (Å²) in [5.41, 5.74) is 8.15. The van der Waals surface area contributed by atoms with Crippen LogP contribution in [0, 0.1) is 11.9 Å². The van der Waals surface area contributed by atoms with E-state index in [0.29, 0.717) is 16.9 Å². The minimum Gasteiger partial charge on any atom is -0.383 e. The Morgan fingerprint density at radius 1 is 1.20 bits per heavy atom. The number of nitrogens with zero attached hydrogens (tertiary/aromatic N) is 3. The van der Waals surface area contributed by atoms with E-state index in [9.17, 15) is 4.39 Å². The van der Waals surface area contributed by atoms with Gasteiger partial charge in [-0.3, -0.25) is 9.67 Å². The van der Waals surface area contributed by atoms with Gasteiger partial charge < -0.3 is 5.73 Å². The molecule has 3 rings (SSSR count). The minimum absolute atomic E-state index is 0.210. The fourth-order valence-corrected chi connectivity index (χ4v) is 2.00. The molecule has 0 unspecified atom stereocenters. The van der Waals surface area contributed by atoms with Crippen molar-refractivity contribution in [3.63, 3.8) is 0 Å². The lowest BCUT2D eigenvalue weighted by Crippen LogP contribution is -1.99. The molecule has 5 heteroatoms. The van der Waals surface area contributed by atoms with Gasteiger partial charge in [-0.1, -0.05) is 24.3 Å². The van der Waals surface area contributed by atoms with Gasteiger partial charge in [0.2, 0.25) is 0 Å². The first-order valence-corrected chi connectivity index (χ1v) is 6.06. The number of aromatic nitrogens is 3. The quantitative estimate of drug-likeness (QED) is 0.776. The number of nitrogens with two attached hydrogens (primary N) is 1. The Balaban J connectivity index is 2.07. The molecule has 0 aliphatic heterocycles. The molecule has 0 saturated heterocycles. The van der Waals surface area contributed by atoms with Gasteiger partial charge in [0.15, 0.2) is 0 Å². The molecule has 0 bridgehead atoms. The smallest absolute Gasteiger partial charge is 0.150 e. The van der Waals surface area contributed by atoms with Crippen LogP contribution in [0.4, 0.5) is 10.2 Å². The van der Waals surface area contributed by atoms with Gasteiger partial charge in [0.05, 0.1) is 11.8 Å². The average Bonchev–Trinajstić information content (AvgIpc) is 2.80. The van der Waals surface area contributed by atoms with Crippen molar-refractivity contribution in [2.75, 3.05) is 5.73 Å². The zero-order valence-electron chi connectivity index (χ0n) is 10.8. The Hall–Kier alpha value is -2.69. The summed E-state index contributed by atoms with van der Waals surface area (Å²) in [6.45, 7) is 0. The summed E-state index contributed by atoms with van der Waals surface area (Å²) in [6, 6.07) is 11.6. The number of aryl methyl sites for hydroxylation is 1. The Kier molecular flexibility index (Phi) is 2.95. The van der Waals surface area contributed by atoms with E-state index in [-0.39, 0.29) is 5.69 Å². The van der Waals surface area contributed by atoms with Gasteiger partial charge in [-0.05, 0) is 17.7 Å². The predicted octanol–water partition coefficient (Wildman–Crippen LogP) is 2.67. The van der Waals surface area contributed by atoms with Crippen molar-refractivity contribution in [3.05, 3.63) is 54.6 Å². The fourth-order valence-electron chi connectivity index (χ4n) is 2.00. The van der Waals surface area contributed by atoms with Crippen LogP contribution in [-0.2, 0) is 7.05 Å². The van der Waals surface area contributed by atoms with Gasteiger partial charge >= 0.3 is 0 Å². The number of anilines is 1. The molecular formula is C15H12FN4. The maximum Gasteiger partial charge on any atom is 0.150 e. The summed E-state index contributed by atoms with van der Waals surface area (Å²) < 4.78 is 15.7. The second kappa shape index (κ2) is 4.77. The summed E-state index contributed by atoms with van der Waals surface area (Å²) in [7, 11) is 1.70. The van der Waals surface area contributed by atoms with Gasteiger partial charge in [-0.2, -0.15) is 5.10 Å². The second-order valence-electron chi connectivity index (χ2n) is 4.41. The van der Waals surface area contributed by atoms with Gasteiger partial charge in [-0.15, -0.1) is 0 Å². The van der Waals surface area contributed by atoms with Crippen molar-refractivity contribution in [1.82, 2.24) is 14.8 Å². The molecule has 99 valence electrons. The van der Waals surface area contributed by atoms with E-state index in [2.05, 4.69) is 16.1 Å². The normalized spacial score (nSPS) is 10.7. The molecule has 0 fully saturated rings. The third-order valence-electron chi connectivity index (χ3n) is 3.13. The molecule has 0 aliphatic carbocycles. The molecule has 1 radical (unpaired) electrons. The zero-order chi connectivity index (χ0) is 14.1. The van der Waals surface area contributed by atoms with Crippen molar-refractivity contribution in [3.8, 4) is 22.4 Å². The number of pyridine rings is 1. The van der Waals surface area contributed by atoms with E-state index in [1.165, 1.54) is 16.9 Å². The highest BCUT2D eigenvalue weighted by Gasteiger charge is 2.14. The molecule has 3 aromatic rings. The van der Waals surface area contributed by atoms with E-state index < -0.39 is 5.82 Å². The highest BCUT2D eigenvalue weighted by atomic mass is 19.1. The maximum atomic E-state index is 14.2. The summed E-state index contributed by atoms with van der Waals surface area (Å²) in [5.74, 6) is -0.0338. The lowest BCUT2D eigenvalue weighted by molar-refractivity contribution is 0.626. The van der Waals surface area contributed by atoms with Gasteiger partial charge in [0, 0.05) is 18.8 Å². The molecule has 0 aliphatic rings. The predicted molar refractivity (Wildman–Crippen MR) is 75.1 cm³/mol. The molecule has 1 aromatic carbocycles. The number of rotatable bonds is 2. The number of halogens is 1. The van der Waals surface area contributed by atoms with Crippen LogP contribution < -0.4 is 5.73 Å². The average molecular weight is 267 g/mol. The first-order valence-electron chi connectivity index (χ1n) is 6.06. The van der Waals surface area contributed by atoms with E-state index in [1.54, 1.807) is 25.4 Å².